The molecule has 0 aliphatic heterocycles. The van der Waals surface area contributed by atoms with Crippen LogP contribution in [0, 0.1) is 17.7 Å². The Morgan fingerprint density at radius 2 is 1.68 bits per heavy atom. The van der Waals surface area contributed by atoms with Gasteiger partial charge in [-0.2, -0.15) is 0 Å². The standard InChI is InChI=1S/C14H16FNO3/c15-9-5-7-10(8-6-9)16-13(17)11-3-1-2-4-12(11)14(18)19/h5-8,11-12H,1-4H2,(H,16,17)(H,18,19)/t11?,12-/m0/s1. The molecule has 1 aliphatic rings. The van der Waals surface area contributed by atoms with Gasteiger partial charge < -0.3 is 10.4 Å². The van der Waals surface area contributed by atoms with Gasteiger partial charge in [-0.05, 0) is 37.1 Å². The lowest BCUT2D eigenvalue weighted by Crippen LogP contribution is -2.36. The van der Waals surface area contributed by atoms with Crippen molar-refractivity contribution in [2.75, 3.05) is 5.32 Å². The van der Waals surface area contributed by atoms with Gasteiger partial charge in [0.25, 0.3) is 0 Å². The van der Waals surface area contributed by atoms with Crippen LogP contribution in [-0.4, -0.2) is 17.0 Å². The number of anilines is 1. The Labute approximate surface area is 110 Å². The van der Waals surface area contributed by atoms with Crippen LogP contribution >= 0.6 is 0 Å². The Morgan fingerprint density at radius 1 is 1.11 bits per heavy atom. The first kappa shape index (κ1) is 13.5. The van der Waals surface area contributed by atoms with Crippen LogP contribution in [0.15, 0.2) is 24.3 Å². The van der Waals surface area contributed by atoms with Crippen molar-refractivity contribution in [2.45, 2.75) is 25.7 Å². The fourth-order valence-corrected chi connectivity index (χ4v) is 2.51. The zero-order valence-corrected chi connectivity index (χ0v) is 10.4. The summed E-state index contributed by atoms with van der Waals surface area (Å²) in [6.45, 7) is 0. The molecule has 1 saturated carbocycles. The third-order valence-corrected chi connectivity index (χ3v) is 3.53. The third kappa shape index (κ3) is 3.30. The predicted octanol–water partition coefficient (Wildman–Crippen LogP) is 2.66. The average Bonchev–Trinajstić information content (AvgIpc) is 2.41. The Bertz CT molecular complexity index is 472. The lowest BCUT2D eigenvalue weighted by Gasteiger charge is -2.27. The molecular formula is C14H16FNO3. The molecule has 1 aromatic rings. The zero-order chi connectivity index (χ0) is 13.8. The third-order valence-electron chi connectivity index (χ3n) is 3.53. The summed E-state index contributed by atoms with van der Waals surface area (Å²) in [6.07, 6.45) is 2.84. The second-order valence-corrected chi connectivity index (χ2v) is 4.83. The molecule has 1 unspecified atom stereocenters. The fourth-order valence-electron chi connectivity index (χ4n) is 2.51. The average molecular weight is 265 g/mol. The van der Waals surface area contributed by atoms with Crippen molar-refractivity contribution in [1.82, 2.24) is 0 Å². The number of benzene rings is 1. The van der Waals surface area contributed by atoms with Gasteiger partial charge in [-0.1, -0.05) is 12.8 Å². The number of rotatable bonds is 3. The summed E-state index contributed by atoms with van der Waals surface area (Å²) >= 11 is 0. The molecule has 2 atom stereocenters. The SMILES string of the molecule is O=C(Nc1ccc(F)cc1)C1CCCC[C@@H]1C(=O)O. The molecule has 102 valence electrons. The maximum atomic E-state index is 12.8. The van der Waals surface area contributed by atoms with Crippen molar-refractivity contribution in [3.05, 3.63) is 30.1 Å². The van der Waals surface area contributed by atoms with E-state index in [1.165, 1.54) is 24.3 Å². The minimum Gasteiger partial charge on any atom is -0.481 e. The van der Waals surface area contributed by atoms with Gasteiger partial charge in [-0.15, -0.1) is 0 Å². The maximum Gasteiger partial charge on any atom is 0.307 e. The highest BCUT2D eigenvalue weighted by Gasteiger charge is 2.35. The van der Waals surface area contributed by atoms with E-state index < -0.39 is 17.8 Å². The molecule has 1 aliphatic carbocycles. The molecular weight excluding hydrogens is 249 g/mol. The molecule has 1 aromatic carbocycles. The molecule has 19 heavy (non-hydrogen) atoms. The molecule has 0 radical (unpaired) electrons. The Hall–Kier alpha value is -1.91. The number of hydrogen-bond donors (Lipinski definition) is 2. The van der Waals surface area contributed by atoms with Crippen LogP contribution in [-0.2, 0) is 9.59 Å². The number of amides is 1. The van der Waals surface area contributed by atoms with Crippen molar-refractivity contribution < 1.29 is 19.1 Å². The molecule has 1 fully saturated rings. The van der Waals surface area contributed by atoms with E-state index in [2.05, 4.69) is 5.32 Å². The quantitative estimate of drug-likeness (QED) is 0.883. The summed E-state index contributed by atoms with van der Waals surface area (Å²) in [6, 6.07) is 5.44. The number of carboxylic acids is 1. The van der Waals surface area contributed by atoms with Gasteiger partial charge in [-0.3, -0.25) is 9.59 Å². The van der Waals surface area contributed by atoms with Gasteiger partial charge in [0.05, 0.1) is 11.8 Å². The highest BCUT2D eigenvalue weighted by atomic mass is 19.1. The van der Waals surface area contributed by atoms with Crippen LogP contribution in [0.5, 0.6) is 0 Å². The summed E-state index contributed by atoms with van der Waals surface area (Å²) in [5, 5.41) is 11.8. The summed E-state index contributed by atoms with van der Waals surface area (Å²) < 4.78 is 12.8. The van der Waals surface area contributed by atoms with Crippen LogP contribution in [0.4, 0.5) is 10.1 Å². The number of aliphatic carboxylic acids is 1. The summed E-state index contributed by atoms with van der Waals surface area (Å²) in [5.74, 6) is -2.71. The van der Waals surface area contributed by atoms with E-state index in [0.29, 0.717) is 18.5 Å². The largest absolute Gasteiger partial charge is 0.481 e. The molecule has 1 amide bonds. The molecule has 2 N–H and O–H groups in total. The maximum absolute atomic E-state index is 12.8. The van der Waals surface area contributed by atoms with Gasteiger partial charge in [0.1, 0.15) is 5.82 Å². The summed E-state index contributed by atoms with van der Waals surface area (Å²) in [4.78, 5) is 23.2. The predicted molar refractivity (Wildman–Crippen MR) is 68.1 cm³/mol. The molecule has 0 aromatic heterocycles. The van der Waals surface area contributed by atoms with E-state index in [9.17, 15) is 14.0 Å². The highest BCUT2D eigenvalue weighted by molar-refractivity contribution is 5.95. The van der Waals surface area contributed by atoms with Crippen LogP contribution < -0.4 is 5.32 Å². The van der Waals surface area contributed by atoms with E-state index >= 15 is 0 Å². The van der Waals surface area contributed by atoms with Crippen molar-refractivity contribution in [3.8, 4) is 0 Å². The van der Waals surface area contributed by atoms with Crippen molar-refractivity contribution in [2.24, 2.45) is 11.8 Å². The smallest absolute Gasteiger partial charge is 0.307 e. The van der Waals surface area contributed by atoms with Crippen LogP contribution in [0.1, 0.15) is 25.7 Å². The number of nitrogens with one attached hydrogen (secondary N) is 1. The summed E-state index contributed by atoms with van der Waals surface area (Å²) in [7, 11) is 0. The number of hydrogen-bond acceptors (Lipinski definition) is 2. The Balaban J connectivity index is 2.05. The fraction of sp³-hybridized carbons (Fsp3) is 0.429. The van der Waals surface area contributed by atoms with Gasteiger partial charge in [0, 0.05) is 5.69 Å². The van der Waals surface area contributed by atoms with E-state index in [0.717, 1.165) is 12.8 Å². The number of halogens is 1. The van der Waals surface area contributed by atoms with Crippen LogP contribution in [0.25, 0.3) is 0 Å². The Kier molecular flexibility index (Phi) is 4.14. The highest BCUT2D eigenvalue weighted by Crippen LogP contribution is 2.31. The molecule has 0 spiro atoms. The molecule has 0 saturated heterocycles. The topological polar surface area (TPSA) is 66.4 Å². The van der Waals surface area contributed by atoms with E-state index in [4.69, 9.17) is 5.11 Å². The normalized spacial score (nSPS) is 22.8. The molecule has 2 rings (SSSR count). The lowest BCUT2D eigenvalue weighted by atomic mass is 9.78. The molecule has 4 nitrogen and oxygen atoms in total. The minimum atomic E-state index is -0.918. The second kappa shape index (κ2) is 5.82. The first-order valence-corrected chi connectivity index (χ1v) is 6.37. The van der Waals surface area contributed by atoms with E-state index in [1.54, 1.807) is 0 Å². The Morgan fingerprint density at radius 3 is 2.26 bits per heavy atom. The van der Waals surface area contributed by atoms with Crippen molar-refractivity contribution in [3.63, 3.8) is 0 Å². The van der Waals surface area contributed by atoms with Crippen molar-refractivity contribution >= 4 is 17.6 Å². The van der Waals surface area contributed by atoms with E-state index in [1.807, 2.05) is 0 Å². The number of carbonyl (C=O) groups excluding carboxylic acids is 1. The van der Waals surface area contributed by atoms with Crippen LogP contribution in [0.2, 0.25) is 0 Å². The van der Waals surface area contributed by atoms with Gasteiger partial charge in [0.2, 0.25) is 5.91 Å². The van der Waals surface area contributed by atoms with E-state index in [-0.39, 0.29) is 11.7 Å². The molecule has 5 heteroatoms. The van der Waals surface area contributed by atoms with Crippen molar-refractivity contribution in [1.29, 1.82) is 0 Å². The first-order valence-electron chi connectivity index (χ1n) is 6.37. The lowest BCUT2D eigenvalue weighted by molar-refractivity contribution is -0.147. The van der Waals surface area contributed by atoms with Gasteiger partial charge in [-0.25, -0.2) is 4.39 Å². The summed E-state index contributed by atoms with van der Waals surface area (Å²) in [5.41, 5.74) is 0.487. The zero-order valence-electron chi connectivity index (χ0n) is 10.4. The molecule has 0 heterocycles. The minimum absolute atomic E-state index is 0.293. The molecule has 0 bridgehead atoms. The van der Waals surface area contributed by atoms with Gasteiger partial charge in [0.15, 0.2) is 0 Å². The number of carboxylic acid groups (broad SMARTS) is 1. The monoisotopic (exact) mass is 265 g/mol. The van der Waals surface area contributed by atoms with Crippen LogP contribution in [0.3, 0.4) is 0 Å². The van der Waals surface area contributed by atoms with Gasteiger partial charge >= 0.3 is 5.97 Å². The first-order chi connectivity index (χ1) is 9.08. The second-order valence-electron chi connectivity index (χ2n) is 4.83. The number of carbonyl (C=O) groups is 2.